The predicted molar refractivity (Wildman–Crippen MR) is 161 cm³/mol. The first-order valence-corrected chi connectivity index (χ1v) is 14.9. The Balaban J connectivity index is 1.50. The van der Waals surface area contributed by atoms with E-state index >= 15 is 0 Å². The lowest BCUT2D eigenvalue weighted by Gasteiger charge is -2.40. The van der Waals surface area contributed by atoms with Crippen LogP contribution in [0.1, 0.15) is 27.2 Å². The van der Waals surface area contributed by atoms with Gasteiger partial charge >= 0.3 is 0 Å². The van der Waals surface area contributed by atoms with E-state index in [1.165, 1.54) is 4.90 Å². The van der Waals surface area contributed by atoms with E-state index in [0.717, 1.165) is 5.69 Å². The van der Waals surface area contributed by atoms with Gasteiger partial charge in [0.2, 0.25) is 11.8 Å². The lowest BCUT2D eigenvalue weighted by molar-refractivity contribution is -0.148. The van der Waals surface area contributed by atoms with Crippen LogP contribution in [-0.2, 0) is 19.1 Å². The number of likely N-dealkylation sites (tertiary alicyclic amines) is 1. The van der Waals surface area contributed by atoms with Crippen LogP contribution < -0.4 is 9.80 Å². The summed E-state index contributed by atoms with van der Waals surface area (Å²) in [5.41, 5.74) is -1.17. The number of hydrogen-bond donors (Lipinski definition) is 1. The number of nitrogens with zero attached hydrogens (tertiary/aromatic N) is 3. The molecular formula is C33H36ClN3O5. The second-order valence-electron chi connectivity index (χ2n) is 12.2. The molecule has 4 heterocycles. The molecule has 6 atom stereocenters. The van der Waals surface area contributed by atoms with E-state index in [0.29, 0.717) is 23.7 Å². The third-order valence-electron chi connectivity index (χ3n) is 9.05. The second kappa shape index (κ2) is 10.7. The molecule has 2 fully saturated rings. The van der Waals surface area contributed by atoms with E-state index in [-0.39, 0.29) is 36.8 Å². The molecule has 8 nitrogen and oxygen atoms in total. The summed E-state index contributed by atoms with van der Waals surface area (Å²) < 4.78 is 6.92. The summed E-state index contributed by atoms with van der Waals surface area (Å²) in [7, 11) is 0. The minimum absolute atomic E-state index is 0.150. The van der Waals surface area contributed by atoms with Crippen LogP contribution in [0.4, 0.5) is 11.4 Å². The molecule has 1 N–H and O–H groups in total. The number of carbonyl (C=O) groups excluding carboxylic acids is 3. The van der Waals surface area contributed by atoms with E-state index in [1.54, 1.807) is 34.1 Å². The van der Waals surface area contributed by atoms with Crippen LogP contribution in [0.15, 0.2) is 78.9 Å². The standard InChI is InChI=1S/C33H36ClN3O5/c1-21(2)19-25(20-38)37-28-31(41)36(24-13-11-22(34)12-14-24)18-8-16-33(28)27(30(37)40)26-29(39)35(23-9-5-4-6-10-23)17-7-15-32(26,3)42-33/h4-16,21,25-28,38H,17-20H2,1-3H3/t25-,26+,27+,28?,32-,33+/m1/s1. The number of hydrogen-bond acceptors (Lipinski definition) is 5. The molecule has 2 saturated heterocycles. The molecule has 2 aromatic rings. The minimum Gasteiger partial charge on any atom is -0.394 e. The van der Waals surface area contributed by atoms with Gasteiger partial charge in [0.15, 0.2) is 0 Å². The van der Waals surface area contributed by atoms with Crippen molar-refractivity contribution in [2.75, 3.05) is 29.5 Å². The van der Waals surface area contributed by atoms with Crippen LogP contribution in [0.5, 0.6) is 0 Å². The van der Waals surface area contributed by atoms with Gasteiger partial charge in [0.05, 0.1) is 30.1 Å². The Hall–Kier alpha value is -3.46. The smallest absolute Gasteiger partial charge is 0.253 e. The summed E-state index contributed by atoms with van der Waals surface area (Å²) >= 11 is 6.14. The molecule has 1 unspecified atom stereocenters. The quantitative estimate of drug-likeness (QED) is 0.510. The minimum atomic E-state index is -1.40. The number of aliphatic hydroxyl groups excluding tert-OH is 1. The molecular weight excluding hydrogens is 554 g/mol. The number of para-hydroxylation sites is 1. The summed E-state index contributed by atoms with van der Waals surface area (Å²) in [4.78, 5) is 48.6. The Kier molecular flexibility index (Phi) is 7.28. The third-order valence-corrected chi connectivity index (χ3v) is 9.30. The van der Waals surface area contributed by atoms with Crippen LogP contribution in [0.25, 0.3) is 0 Å². The molecule has 0 aromatic heterocycles. The zero-order valence-electron chi connectivity index (χ0n) is 24.0. The van der Waals surface area contributed by atoms with Crippen molar-refractivity contribution in [1.82, 2.24) is 4.90 Å². The van der Waals surface area contributed by atoms with E-state index < -0.39 is 35.1 Å². The van der Waals surface area contributed by atoms with Crippen LogP contribution >= 0.6 is 11.6 Å². The molecule has 6 rings (SSSR count). The van der Waals surface area contributed by atoms with Crippen LogP contribution in [-0.4, -0.2) is 70.7 Å². The number of aliphatic hydroxyl groups is 1. The monoisotopic (exact) mass is 589 g/mol. The summed E-state index contributed by atoms with van der Waals surface area (Å²) in [5.74, 6) is -2.58. The molecule has 0 saturated carbocycles. The highest BCUT2D eigenvalue weighted by Gasteiger charge is 2.75. The van der Waals surface area contributed by atoms with Crippen molar-refractivity contribution in [3.05, 3.63) is 83.9 Å². The van der Waals surface area contributed by atoms with Gasteiger partial charge in [0.25, 0.3) is 5.91 Å². The van der Waals surface area contributed by atoms with Crippen molar-refractivity contribution in [3.8, 4) is 0 Å². The molecule has 4 aliphatic heterocycles. The fourth-order valence-electron chi connectivity index (χ4n) is 7.37. The molecule has 9 heteroatoms. The fourth-order valence-corrected chi connectivity index (χ4v) is 7.49. The van der Waals surface area contributed by atoms with Crippen molar-refractivity contribution in [2.45, 2.75) is 50.5 Å². The SMILES string of the molecule is CC(C)C[C@H](CO)N1C(=O)[C@@H]2[C@H]3C(=O)N(c4ccccc4)CC=C[C@@]3(C)O[C@@]23C=CCN(c2ccc(Cl)cc2)C(=O)C13. The van der Waals surface area contributed by atoms with Gasteiger partial charge in [-0.05, 0) is 55.7 Å². The molecule has 0 aliphatic carbocycles. The number of ether oxygens (including phenoxy) is 1. The van der Waals surface area contributed by atoms with E-state index in [2.05, 4.69) is 0 Å². The van der Waals surface area contributed by atoms with Crippen LogP contribution in [0.2, 0.25) is 5.02 Å². The summed E-state index contributed by atoms with van der Waals surface area (Å²) in [6, 6.07) is 14.7. The number of benzene rings is 2. The first-order valence-electron chi connectivity index (χ1n) is 14.5. The Morgan fingerprint density at radius 1 is 0.881 bits per heavy atom. The Morgan fingerprint density at radius 3 is 2.14 bits per heavy atom. The average Bonchev–Trinajstić information content (AvgIpc) is 3.24. The normalized spacial score (nSPS) is 31.2. The van der Waals surface area contributed by atoms with Gasteiger partial charge in [0.1, 0.15) is 11.6 Å². The number of carbonyl (C=O) groups is 3. The number of amides is 3. The zero-order valence-corrected chi connectivity index (χ0v) is 24.8. The number of anilines is 2. The molecule has 2 aromatic carbocycles. The van der Waals surface area contributed by atoms with Gasteiger partial charge in [-0.1, -0.05) is 68.0 Å². The van der Waals surface area contributed by atoms with Gasteiger partial charge in [-0.15, -0.1) is 0 Å². The van der Waals surface area contributed by atoms with E-state index in [9.17, 15) is 19.5 Å². The van der Waals surface area contributed by atoms with Crippen LogP contribution in [0.3, 0.4) is 0 Å². The predicted octanol–water partition coefficient (Wildman–Crippen LogP) is 4.22. The summed E-state index contributed by atoms with van der Waals surface area (Å²) in [6.45, 7) is 6.14. The zero-order chi connectivity index (χ0) is 29.8. The molecule has 0 radical (unpaired) electrons. The average molecular weight is 590 g/mol. The number of fused-ring (bicyclic) bond motifs is 2. The second-order valence-corrected chi connectivity index (χ2v) is 12.7. The fraction of sp³-hybridized carbons (Fsp3) is 0.424. The summed E-state index contributed by atoms with van der Waals surface area (Å²) in [6.07, 6.45) is 7.94. The summed E-state index contributed by atoms with van der Waals surface area (Å²) in [5, 5.41) is 11.1. The maximum absolute atomic E-state index is 14.7. The lowest BCUT2D eigenvalue weighted by atomic mass is 9.74. The molecule has 3 amide bonds. The van der Waals surface area contributed by atoms with Gasteiger partial charge in [0, 0.05) is 29.5 Å². The van der Waals surface area contributed by atoms with E-state index in [1.807, 2.05) is 75.4 Å². The van der Waals surface area contributed by atoms with Gasteiger partial charge in [-0.25, -0.2) is 0 Å². The maximum atomic E-state index is 14.7. The highest BCUT2D eigenvalue weighted by molar-refractivity contribution is 6.30. The Bertz CT molecular complexity index is 1440. The van der Waals surface area contributed by atoms with E-state index in [4.69, 9.17) is 16.3 Å². The first-order chi connectivity index (χ1) is 20.1. The number of rotatable bonds is 6. The maximum Gasteiger partial charge on any atom is 0.253 e. The highest BCUT2D eigenvalue weighted by atomic mass is 35.5. The number of halogens is 1. The van der Waals surface area contributed by atoms with Gasteiger partial charge < -0.3 is 24.5 Å². The third kappa shape index (κ3) is 4.39. The van der Waals surface area contributed by atoms with Crippen LogP contribution in [0, 0.1) is 17.8 Å². The molecule has 220 valence electrons. The van der Waals surface area contributed by atoms with Crippen molar-refractivity contribution < 1.29 is 24.2 Å². The van der Waals surface area contributed by atoms with Gasteiger partial charge in [-0.3, -0.25) is 14.4 Å². The molecule has 4 aliphatic rings. The van der Waals surface area contributed by atoms with Gasteiger partial charge in [-0.2, -0.15) is 0 Å². The Labute approximate surface area is 251 Å². The van der Waals surface area contributed by atoms with Crippen molar-refractivity contribution >= 4 is 40.7 Å². The Morgan fingerprint density at radius 2 is 1.50 bits per heavy atom. The molecule has 0 bridgehead atoms. The largest absolute Gasteiger partial charge is 0.394 e. The van der Waals surface area contributed by atoms with Crippen molar-refractivity contribution in [3.63, 3.8) is 0 Å². The lowest BCUT2D eigenvalue weighted by Crippen LogP contribution is -2.59. The van der Waals surface area contributed by atoms with Crippen molar-refractivity contribution in [2.24, 2.45) is 17.8 Å². The molecule has 1 spiro atoms. The highest BCUT2D eigenvalue weighted by Crippen LogP contribution is 2.58. The topological polar surface area (TPSA) is 90.4 Å². The first kappa shape index (κ1) is 28.6. The molecule has 42 heavy (non-hydrogen) atoms. The van der Waals surface area contributed by atoms with Crippen molar-refractivity contribution in [1.29, 1.82) is 0 Å².